The van der Waals surface area contributed by atoms with Crippen molar-refractivity contribution in [2.45, 2.75) is 0 Å². The van der Waals surface area contributed by atoms with Crippen LogP contribution in [0.15, 0.2) is 35.1 Å². The van der Waals surface area contributed by atoms with Crippen LogP contribution in [0.3, 0.4) is 0 Å². The van der Waals surface area contributed by atoms with Crippen LogP contribution in [0.5, 0.6) is 5.75 Å². The van der Waals surface area contributed by atoms with E-state index in [0.717, 1.165) is 0 Å². The molecular formula is C12H9FINO2. The third-order valence-electron chi connectivity index (χ3n) is 2.51. The average molecular weight is 345 g/mol. The SMILES string of the molecule is Cn1c(-c2c(O)cccc2F)ccc(I)c1=O. The molecule has 2 aromatic rings. The second kappa shape index (κ2) is 4.48. The van der Waals surface area contributed by atoms with Gasteiger partial charge in [0, 0.05) is 7.05 Å². The van der Waals surface area contributed by atoms with Gasteiger partial charge < -0.3 is 9.67 Å². The zero-order chi connectivity index (χ0) is 12.6. The fraction of sp³-hybridized carbons (Fsp3) is 0.0833. The Balaban J connectivity index is 2.79. The Morgan fingerprint density at radius 3 is 2.65 bits per heavy atom. The van der Waals surface area contributed by atoms with Crippen molar-refractivity contribution in [3.05, 3.63) is 50.1 Å². The zero-order valence-electron chi connectivity index (χ0n) is 8.95. The Kier molecular flexibility index (Phi) is 3.19. The molecule has 1 aromatic heterocycles. The minimum atomic E-state index is -0.554. The molecule has 5 heteroatoms. The van der Waals surface area contributed by atoms with E-state index in [4.69, 9.17) is 0 Å². The summed E-state index contributed by atoms with van der Waals surface area (Å²) in [6, 6.07) is 7.27. The first-order valence-electron chi connectivity index (χ1n) is 4.85. The lowest BCUT2D eigenvalue weighted by Gasteiger charge is -2.11. The largest absolute Gasteiger partial charge is 0.507 e. The number of hydrogen-bond donors (Lipinski definition) is 1. The Labute approximate surface area is 111 Å². The summed E-state index contributed by atoms with van der Waals surface area (Å²) in [5, 5.41) is 9.67. The van der Waals surface area contributed by atoms with E-state index < -0.39 is 5.82 Å². The van der Waals surface area contributed by atoms with Crippen LogP contribution in [0.25, 0.3) is 11.3 Å². The van der Waals surface area contributed by atoms with E-state index in [1.54, 1.807) is 19.2 Å². The van der Waals surface area contributed by atoms with E-state index in [1.165, 1.54) is 22.8 Å². The second-order valence-corrected chi connectivity index (χ2v) is 4.73. The minimum Gasteiger partial charge on any atom is -0.507 e. The van der Waals surface area contributed by atoms with E-state index in [-0.39, 0.29) is 16.9 Å². The summed E-state index contributed by atoms with van der Waals surface area (Å²) >= 11 is 1.91. The van der Waals surface area contributed by atoms with Gasteiger partial charge in [-0.1, -0.05) is 6.07 Å². The van der Waals surface area contributed by atoms with Gasteiger partial charge in [-0.05, 0) is 46.9 Å². The fourth-order valence-corrected chi connectivity index (χ4v) is 2.16. The van der Waals surface area contributed by atoms with Crippen molar-refractivity contribution < 1.29 is 9.50 Å². The molecule has 3 nitrogen and oxygen atoms in total. The highest BCUT2D eigenvalue weighted by molar-refractivity contribution is 14.1. The fourth-order valence-electron chi connectivity index (χ4n) is 1.62. The number of benzene rings is 1. The molecule has 0 atom stereocenters. The Hall–Kier alpha value is -1.37. The molecule has 0 bridgehead atoms. The number of rotatable bonds is 1. The lowest BCUT2D eigenvalue weighted by molar-refractivity contribution is 0.471. The summed E-state index contributed by atoms with van der Waals surface area (Å²) in [6.45, 7) is 0. The van der Waals surface area contributed by atoms with Gasteiger partial charge in [0.25, 0.3) is 5.56 Å². The summed E-state index contributed by atoms with van der Waals surface area (Å²) in [5.41, 5.74) is 0.181. The zero-order valence-corrected chi connectivity index (χ0v) is 11.1. The number of phenolic OH excluding ortho intramolecular Hbond substituents is 1. The highest BCUT2D eigenvalue weighted by Crippen LogP contribution is 2.30. The second-order valence-electron chi connectivity index (χ2n) is 3.56. The molecule has 0 saturated heterocycles. The van der Waals surface area contributed by atoms with Gasteiger partial charge in [-0.15, -0.1) is 0 Å². The van der Waals surface area contributed by atoms with Crippen LogP contribution < -0.4 is 5.56 Å². The smallest absolute Gasteiger partial charge is 0.264 e. The summed E-state index contributed by atoms with van der Waals surface area (Å²) < 4.78 is 15.5. The molecule has 1 heterocycles. The third-order valence-corrected chi connectivity index (χ3v) is 3.33. The molecule has 0 aliphatic carbocycles. The van der Waals surface area contributed by atoms with Crippen molar-refractivity contribution in [1.82, 2.24) is 4.57 Å². The van der Waals surface area contributed by atoms with E-state index >= 15 is 0 Å². The van der Waals surface area contributed by atoms with Crippen LogP contribution >= 0.6 is 22.6 Å². The number of aromatic nitrogens is 1. The molecule has 0 amide bonds. The lowest BCUT2D eigenvalue weighted by atomic mass is 10.1. The van der Waals surface area contributed by atoms with Crippen LogP contribution in [0.1, 0.15) is 0 Å². The van der Waals surface area contributed by atoms with Crippen LogP contribution in [-0.2, 0) is 7.05 Å². The Morgan fingerprint density at radius 2 is 2.00 bits per heavy atom. The van der Waals surface area contributed by atoms with E-state index in [0.29, 0.717) is 9.26 Å². The number of halogens is 2. The summed E-state index contributed by atoms with van der Waals surface area (Å²) in [4.78, 5) is 11.7. The van der Waals surface area contributed by atoms with Crippen molar-refractivity contribution >= 4 is 22.6 Å². The van der Waals surface area contributed by atoms with Crippen molar-refractivity contribution in [3.8, 4) is 17.0 Å². The Morgan fingerprint density at radius 1 is 1.29 bits per heavy atom. The highest BCUT2D eigenvalue weighted by Gasteiger charge is 2.14. The molecule has 2 rings (SSSR count). The van der Waals surface area contributed by atoms with Crippen molar-refractivity contribution in [3.63, 3.8) is 0 Å². The van der Waals surface area contributed by atoms with Gasteiger partial charge in [0.05, 0.1) is 14.8 Å². The van der Waals surface area contributed by atoms with Crippen molar-refractivity contribution in [2.75, 3.05) is 0 Å². The van der Waals surface area contributed by atoms with Gasteiger partial charge >= 0.3 is 0 Å². The molecule has 88 valence electrons. The number of aromatic hydroxyl groups is 1. The first-order valence-corrected chi connectivity index (χ1v) is 5.93. The highest BCUT2D eigenvalue weighted by atomic mass is 127. The predicted molar refractivity (Wildman–Crippen MR) is 71.5 cm³/mol. The Bertz CT molecular complexity index is 617. The molecule has 0 spiro atoms. The third kappa shape index (κ3) is 2.06. The first kappa shape index (κ1) is 12.1. The maximum absolute atomic E-state index is 13.7. The van der Waals surface area contributed by atoms with E-state index in [9.17, 15) is 14.3 Å². The molecule has 0 aliphatic heterocycles. The normalized spacial score (nSPS) is 10.5. The molecular weight excluding hydrogens is 336 g/mol. The predicted octanol–water partition coefficient (Wildman–Crippen LogP) is 2.50. The van der Waals surface area contributed by atoms with Crippen LogP contribution in [-0.4, -0.2) is 9.67 Å². The van der Waals surface area contributed by atoms with E-state index in [2.05, 4.69) is 0 Å². The molecule has 0 aliphatic rings. The van der Waals surface area contributed by atoms with Gasteiger partial charge in [-0.25, -0.2) is 4.39 Å². The number of pyridine rings is 1. The topological polar surface area (TPSA) is 42.2 Å². The van der Waals surface area contributed by atoms with E-state index in [1.807, 2.05) is 22.6 Å². The molecule has 0 unspecified atom stereocenters. The maximum Gasteiger partial charge on any atom is 0.264 e. The monoisotopic (exact) mass is 345 g/mol. The molecule has 0 radical (unpaired) electrons. The molecule has 0 fully saturated rings. The van der Waals surface area contributed by atoms with Gasteiger partial charge in [0.15, 0.2) is 0 Å². The summed E-state index contributed by atoms with van der Waals surface area (Å²) in [6.07, 6.45) is 0. The van der Waals surface area contributed by atoms with Crippen LogP contribution in [0, 0.1) is 9.39 Å². The van der Waals surface area contributed by atoms with Gasteiger partial charge in [0.2, 0.25) is 0 Å². The van der Waals surface area contributed by atoms with Crippen LogP contribution in [0.4, 0.5) is 4.39 Å². The number of nitrogens with zero attached hydrogens (tertiary/aromatic N) is 1. The maximum atomic E-state index is 13.7. The van der Waals surface area contributed by atoms with Crippen molar-refractivity contribution in [1.29, 1.82) is 0 Å². The first-order chi connectivity index (χ1) is 8.02. The van der Waals surface area contributed by atoms with Crippen molar-refractivity contribution in [2.24, 2.45) is 7.05 Å². The summed E-state index contributed by atoms with van der Waals surface area (Å²) in [5.74, 6) is -0.734. The molecule has 1 aromatic carbocycles. The average Bonchev–Trinajstić information content (AvgIpc) is 2.29. The standard InChI is InChI=1S/C12H9FINO2/c1-15-9(6-5-8(14)12(15)17)11-7(13)3-2-4-10(11)16/h2-6,16H,1H3. The molecule has 17 heavy (non-hydrogen) atoms. The van der Waals surface area contributed by atoms with Gasteiger partial charge in [-0.2, -0.15) is 0 Å². The van der Waals surface area contributed by atoms with Gasteiger partial charge in [-0.3, -0.25) is 4.79 Å². The van der Waals surface area contributed by atoms with Crippen LogP contribution in [0.2, 0.25) is 0 Å². The number of hydrogen-bond acceptors (Lipinski definition) is 2. The molecule has 1 N–H and O–H groups in total. The summed E-state index contributed by atoms with van der Waals surface area (Å²) in [7, 11) is 1.55. The quantitative estimate of drug-likeness (QED) is 0.807. The van der Waals surface area contributed by atoms with Gasteiger partial charge in [0.1, 0.15) is 11.6 Å². The minimum absolute atomic E-state index is 0.0449. The number of phenols is 1. The molecule has 0 saturated carbocycles. The lowest BCUT2D eigenvalue weighted by Crippen LogP contribution is -2.20.